The maximum Gasteiger partial charge on any atom is 2.00 e. The third kappa shape index (κ3) is 24.0. The minimum Gasteiger partial charge on any atom is -1.00 e. The van der Waals surface area contributed by atoms with Crippen LogP contribution >= 0.6 is 39.6 Å². The summed E-state index contributed by atoms with van der Waals surface area (Å²) >= 11 is 0. The van der Waals surface area contributed by atoms with Crippen LogP contribution in [0.15, 0.2) is 0 Å². The molecule has 0 radical (unpaired) electrons. The first-order chi connectivity index (χ1) is 0. The Labute approximate surface area is 119 Å². The molecule has 0 aromatic heterocycles. The van der Waals surface area contributed by atoms with Crippen LogP contribution in [0.1, 0.15) is 5.71 Å². The van der Waals surface area contributed by atoms with Crippen molar-refractivity contribution in [3.63, 3.8) is 0 Å². The van der Waals surface area contributed by atoms with Gasteiger partial charge < -0.3 is 5.71 Å². The summed E-state index contributed by atoms with van der Waals surface area (Å²) in [5.74, 6) is 0. The van der Waals surface area contributed by atoms with Crippen LogP contribution in [0.3, 0.4) is 0 Å². The zero-order chi connectivity index (χ0) is 0. The summed E-state index contributed by atoms with van der Waals surface area (Å²) in [7, 11) is 0. The van der Waals surface area contributed by atoms with Gasteiger partial charge in [0.15, 0.2) is 0 Å². The molecule has 0 spiro atoms. The van der Waals surface area contributed by atoms with E-state index >= 15 is 0 Å². The summed E-state index contributed by atoms with van der Waals surface area (Å²) in [5.41, 5.74) is 0. The van der Waals surface area contributed by atoms with E-state index in [1.807, 2.05) is 0 Å². The van der Waals surface area contributed by atoms with Gasteiger partial charge in [-0.1, -0.05) is 0 Å². The molecule has 0 bridgehead atoms. The fourth-order valence-electron chi connectivity index (χ4n) is 0. The Morgan fingerprint density at radius 2 is 0.500 bits per heavy atom. The second kappa shape index (κ2) is 34.9. The Balaban J connectivity index is 0. The summed E-state index contributed by atoms with van der Waals surface area (Å²) in [5, 5.41) is 0. The second-order valence-electron chi connectivity index (χ2n) is 0. The molecule has 6 heteroatoms. The predicted molar refractivity (Wildman–Crippen MR) is 60.4 cm³/mol. The van der Waals surface area contributed by atoms with Crippen LogP contribution in [-0.4, -0.2) is 75.5 Å². The largest absolute Gasteiger partial charge is 2.00 e. The van der Waals surface area contributed by atoms with Crippen molar-refractivity contribution in [1.29, 1.82) is 0 Å². The van der Waals surface area contributed by atoms with Crippen molar-refractivity contribution in [3.8, 4) is 0 Å². The molecule has 0 fully saturated rings. The van der Waals surface area contributed by atoms with Crippen LogP contribution in [0.2, 0.25) is 0 Å². The van der Waals surface area contributed by atoms with Crippen molar-refractivity contribution < 1.29 is 5.71 Å². The van der Waals surface area contributed by atoms with Crippen LogP contribution in [0.25, 0.3) is 0 Å². The molecule has 0 aromatic carbocycles. The van der Waals surface area contributed by atoms with Gasteiger partial charge in [-0.15, -0.1) is 0 Å². The van der Waals surface area contributed by atoms with Gasteiger partial charge in [0.05, 0.1) is 0 Å². The normalized spacial score (nSPS) is 0. The van der Waals surface area contributed by atoms with Gasteiger partial charge in [0.25, 0.3) is 0 Å². The Kier molecular flexibility index (Phi) is 283. The molecule has 0 aliphatic carbocycles. The van der Waals surface area contributed by atoms with E-state index in [0.29, 0.717) is 0 Å². The van der Waals surface area contributed by atoms with Crippen molar-refractivity contribution in [2.24, 2.45) is 0 Å². The van der Waals surface area contributed by atoms with Gasteiger partial charge in [0.1, 0.15) is 0 Å². The first-order valence-electron chi connectivity index (χ1n) is 0. The van der Waals surface area contributed by atoms with Crippen LogP contribution in [0.5, 0.6) is 0 Å². The maximum absolute atomic E-state index is 0. The number of hydrogen-bond donors (Lipinski definition) is 0. The molecule has 4 atom stereocenters. The third-order valence-electron chi connectivity index (χ3n) is 0. The summed E-state index contributed by atoms with van der Waals surface area (Å²) in [6.07, 6.45) is 0. The van der Waals surface area contributed by atoms with Crippen molar-refractivity contribution in [2.75, 3.05) is 0 Å². The van der Waals surface area contributed by atoms with E-state index in [0.717, 1.165) is 0 Å². The fourth-order valence-corrected chi connectivity index (χ4v) is 0. The van der Waals surface area contributed by atoms with E-state index in [4.69, 9.17) is 0 Å². The summed E-state index contributed by atoms with van der Waals surface area (Å²) < 4.78 is 0. The van der Waals surface area contributed by atoms with E-state index in [1.165, 1.54) is 0 Å². The van der Waals surface area contributed by atoms with E-state index in [9.17, 15) is 0 Å². The molecular formula is H16Ca2P4. The molecule has 0 aromatic rings. The van der Waals surface area contributed by atoms with Crippen LogP contribution in [0, 0.1) is 0 Å². The minimum absolute atomic E-state index is 0. The molecule has 0 rings (SSSR count). The standard InChI is InChI=1S/2Ca.4H3P.4H/h;;4*1H3;;;;/q2*+2;;;;;4*-1. The Morgan fingerprint density at radius 1 is 0.500 bits per heavy atom. The van der Waals surface area contributed by atoms with E-state index < -0.39 is 0 Å². The molecule has 0 heterocycles. The van der Waals surface area contributed by atoms with Gasteiger partial charge in [-0.25, -0.2) is 0 Å². The van der Waals surface area contributed by atoms with Crippen LogP contribution in [-0.2, 0) is 0 Å². The van der Waals surface area contributed by atoms with Crippen molar-refractivity contribution in [2.45, 2.75) is 0 Å². The monoisotopic (exact) mass is 220 g/mol. The molecule has 4 unspecified atom stereocenters. The first-order valence-corrected chi connectivity index (χ1v) is 0. The summed E-state index contributed by atoms with van der Waals surface area (Å²) in [6, 6.07) is 0. The number of rotatable bonds is 0. The van der Waals surface area contributed by atoms with Gasteiger partial charge in [-0.2, -0.15) is 39.6 Å². The second-order valence-corrected chi connectivity index (χ2v) is 0. The number of hydrogen-bond acceptors (Lipinski definition) is 0. The van der Waals surface area contributed by atoms with Gasteiger partial charge >= 0.3 is 75.5 Å². The molecule has 0 amide bonds. The fraction of sp³-hybridized carbons (Fsp3) is 0. The topological polar surface area (TPSA) is 0 Å². The minimum atomic E-state index is 0. The van der Waals surface area contributed by atoms with Gasteiger partial charge in [0.2, 0.25) is 0 Å². The van der Waals surface area contributed by atoms with Crippen LogP contribution in [0.4, 0.5) is 0 Å². The molecular weight excluding hydrogens is 204 g/mol. The van der Waals surface area contributed by atoms with Crippen molar-refractivity contribution in [3.05, 3.63) is 0 Å². The molecule has 0 aliphatic rings. The van der Waals surface area contributed by atoms with Gasteiger partial charge in [-0.3, -0.25) is 0 Å². The zero-order valence-corrected chi connectivity index (χ0v) is 14.3. The molecule has 6 heavy (non-hydrogen) atoms. The maximum atomic E-state index is 0. The van der Waals surface area contributed by atoms with Crippen LogP contribution < -0.4 is 0 Å². The first kappa shape index (κ1) is 48.6. The molecule has 0 aliphatic heterocycles. The summed E-state index contributed by atoms with van der Waals surface area (Å²) in [6.45, 7) is 0. The smallest absolute Gasteiger partial charge is 1.00 e. The summed E-state index contributed by atoms with van der Waals surface area (Å²) in [4.78, 5) is 0. The Hall–Kier alpha value is 4.24. The Bertz CT molecular complexity index is 15.2. The van der Waals surface area contributed by atoms with E-state index in [1.54, 1.807) is 0 Å². The molecule has 0 N–H and O–H groups in total. The third-order valence-corrected chi connectivity index (χ3v) is 0. The SMILES string of the molecule is P.P.P.P.[Ca+2].[Ca+2].[H-].[H-].[H-].[H-]. The molecule has 40 valence electrons. The van der Waals surface area contributed by atoms with E-state index in [2.05, 4.69) is 0 Å². The van der Waals surface area contributed by atoms with Gasteiger partial charge in [-0.05, 0) is 0 Å². The average Bonchev–Trinajstić information content (AvgIpc) is 0. The van der Waals surface area contributed by atoms with Crippen molar-refractivity contribution in [1.82, 2.24) is 0 Å². The molecule has 0 saturated carbocycles. The Morgan fingerprint density at radius 3 is 0.500 bits per heavy atom. The molecule has 0 nitrogen and oxygen atoms in total. The predicted octanol–water partition coefficient (Wildman–Crippen LogP) is -0.0792. The van der Waals surface area contributed by atoms with E-state index in [-0.39, 0.29) is 121 Å². The average molecular weight is 220 g/mol. The zero-order valence-electron chi connectivity index (χ0n) is 8.24. The van der Waals surface area contributed by atoms with Crippen molar-refractivity contribution >= 4 is 115 Å². The van der Waals surface area contributed by atoms with Gasteiger partial charge in [0, 0.05) is 0 Å². The molecule has 0 saturated heterocycles. The quantitative estimate of drug-likeness (QED) is 0.396.